The van der Waals surface area contributed by atoms with Crippen molar-refractivity contribution < 1.29 is 0 Å². The summed E-state index contributed by atoms with van der Waals surface area (Å²) >= 11 is 3.63. The number of nitrogens with zero attached hydrogens (tertiary/aromatic N) is 1. The Bertz CT molecular complexity index is 238. The molecule has 1 aliphatic heterocycles. The first-order valence-corrected chi connectivity index (χ1v) is 5.04. The van der Waals surface area contributed by atoms with E-state index >= 15 is 0 Å². The summed E-state index contributed by atoms with van der Waals surface area (Å²) < 4.78 is 0. The van der Waals surface area contributed by atoms with Crippen LogP contribution in [0.1, 0.15) is 4.88 Å². The average Bonchev–Trinajstić information content (AvgIpc) is 2.59. The quantitative estimate of drug-likeness (QED) is 0.628. The topological polar surface area (TPSA) is 12.4 Å². The third-order valence-corrected chi connectivity index (χ3v) is 3.33. The van der Waals surface area contributed by atoms with Gasteiger partial charge >= 0.3 is 0 Å². The van der Waals surface area contributed by atoms with Gasteiger partial charge in [0, 0.05) is 12.3 Å². The fourth-order valence-electron chi connectivity index (χ4n) is 0.884. The highest BCUT2D eigenvalue weighted by Gasteiger charge is 2.09. The fraction of sp³-hybridized carbons (Fsp3) is 0.286. The monoisotopic (exact) mass is 169 g/mol. The number of aliphatic imine (C=N–C) groups is 1. The van der Waals surface area contributed by atoms with Crippen molar-refractivity contribution in [2.75, 3.05) is 12.3 Å². The Labute approximate surface area is 68.2 Å². The Balaban J connectivity index is 2.28. The summed E-state index contributed by atoms with van der Waals surface area (Å²) in [6.45, 7) is 0.998. The number of hydrogen-bond acceptors (Lipinski definition) is 3. The van der Waals surface area contributed by atoms with Gasteiger partial charge in [-0.2, -0.15) is 0 Å². The third kappa shape index (κ3) is 1.11. The molecule has 1 aromatic heterocycles. The molecule has 0 bridgehead atoms. The molecule has 0 saturated carbocycles. The minimum Gasteiger partial charge on any atom is -0.276 e. The van der Waals surface area contributed by atoms with Crippen molar-refractivity contribution in [2.24, 2.45) is 4.99 Å². The first-order valence-electron chi connectivity index (χ1n) is 3.18. The molecule has 0 aromatic carbocycles. The largest absolute Gasteiger partial charge is 0.276 e. The zero-order valence-electron chi connectivity index (χ0n) is 5.41. The second-order valence-electron chi connectivity index (χ2n) is 2.01. The van der Waals surface area contributed by atoms with E-state index in [1.165, 1.54) is 9.92 Å². The predicted octanol–water partition coefficient (Wildman–Crippen LogP) is 2.24. The lowest BCUT2D eigenvalue weighted by atomic mass is 10.5. The van der Waals surface area contributed by atoms with E-state index in [1.807, 2.05) is 11.8 Å². The van der Waals surface area contributed by atoms with E-state index in [4.69, 9.17) is 0 Å². The maximum absolute atomic E-state index is 4.37. The van der Waals surface area contributed by atoms with Gasteiger partial charge in [0.15, 0.2) is 0 Å². The van der Waals surface area contributed by atoms with E-state index in [0.717, 1.165) is 12.3 Å². The minimum absolute atomic E-state index is 0.998. The van der Waals surface area contributed by atoms with E-state index in [-0.39, 0.29) is 0 Å². The van der Waals surface area contributed by atoms with Crippen LogP contribution in [0.3, 0.4) is 0 Å². The molecule has 52 valence electrons. The SMILES string of the molecule is c1csc(C2=NCCS2)c1. The lowest BCUT2D eigenvalue weighted by molar-refractivity contribution is 1.18. The zero-order valence-corrected chi connectivity index (χ0v) is 7.04. The highest BCUT2D eigenvalue weighted by Crippen LogP contribution is 2.22. The van der Waals surface area contributed by atoms with Crippen molar-refractivity contribution in [1.82, 2.24) is 0 Å². The van der Waals surface area contributed by atoms with Crippen LogP contribution in [0.25, 0.3) is 0 Å². The summed E-state index contributed by atoms with van der Waals surface area (Å²) in [6.07, 6.45) is 0. The maximum atomic E-state index is 4.37. The number of rotatable bonds is 1. The van der Waals surface area contributed by atoms with Crippen LogP contribution in [0, 0.1) is 0 Å². The lowest BCUT2D eigenvalue weighted by Gasteiger charge is -1.90. The highest BCUT2D eigenvalue weighted by molar-refractivity contribution is 8.15. The third-order valence-electron chi connectivity index (χ3n) is 1.32. The molecule has 0 aliphatic carbocycles. The normalized spacial score (nSPS) is 17.4. The maximum Gasteiger partial charge on any atom is 0.108 e. The Morgan fingerprint density at radius 1 is 1.50 bits per heavy atom. The Hall–Kier alpha value is -0.280. The molecule has 1 aliphatic rings. The summed E-state index contributed by atoms with van der Waals surface area (Å²) in [5.74, 6) is 1.16. The Morgan fingerprint density at radius 3 is 3.10 bits per heavy atom. The molecule has 2 heterocycles. The molecular formula is C7H7NS2. The summed E-state index contributed by atoms with van der Waals surface area (Å²) in [4.78, 5) is 5.69. The van der Waals surface area contributed by atoms with E-state index in [2.05, 4.69) is 22.5 Å². The van der Waals surface area contributed by atoms with Crippen LogP contribution in [-0.4, -0.2) is 17.3 Å². The number of thiophene rings is 1. The first-order chi connectivity index (χ1) is 4.97. The standard InChI is InChI=1S/C7H7NS2/c1-2-6(9-4-1)7-8-3-5-10-7/h1-2,4H,3,5H2. The summed E-state index contributed by atoms with van der Waals surface area (Å²) in [5.41, 5.74) is 0. The summed E-state index contributed by atoms with van der Waals surface area (Å²) in [7, 11) is 0. The van der Waals surface area contributed by atoms with Crippen molar-refractivity contribution in [1.29, 1.82) is 0 Å². The summed E-state index contributed by atoms with van der Waals surface area (Å²) in [6, 6.07) is 4.20. The van der Waals surface area contributed by atoms with Crippen LogP contribution >= 0.6 is 23.1 Å². The average molecular weight is 169 g/mol. The molecule has 0 amide bonds. The molecule has 0 atom stereocenters. The van der Waals surface area contributed by atoms with Crippen LogP contribution in [0.4, 0.5) is 0 Å². The van der Waals surface area contributed by atoms with Crippen LogP contribution in [0.15, 0.2) is 22.5 Å². The van der Waals surface area contributed by atoms with Crippen molar-refractivity contribution >= 4 is 28.1 Å². The Morgan fingerprint density at radius 2 is 2.50 bits per heavy atom. The van der Waals surface area contributed by atoms with Crippen molar-refractivity contribution in [3.8, 4) is 0 Å². The van der Waals surface area contributed by atoms with E-state index in [9.17, 15) is 0 Å². The van der Waals surface area contributed by atoms with E-state index in [0.29, 0.717) is 0 Å². The van der Waals surface area contributed by atoms with E-state index < -0.39 is 0 Å². The lowest BCUT2D eigenvalue weighted by Crippen LogP contribution is -1.84. The van der Waals surface area contributed by atoms with E-state index in [1.54, 1.807) is 11.3 Å². The van der Waals surface area contributed by atoms with Gasteiger partial charge in [-0.1, -0.05) is 6.07 Å². The molecule has 10 heavy (non-hydrogen) atoms. The van der Waals surface area contributed by atoms with Crippen molar-refractivity contribution in [3.05, 3.63) is 22.4 Å². The van der Waals surface area contributed by atoms with Gasteiger partial charge in [-0.25, -0.2) is 0 Å². The molecule has 0 spiro atoms. The molecule has 2 rings (SSSR count). The Kier molecular flexibility index (Phi) is 1.78. The number of thioether (sulfide) groups is 1. The number of hydrogen-bond donors (Lipinski definition) is 0. The second kappa shape index (κ2) is 2.76. The molecule has 1 aromatic rings. The van der Waals surface area contributed by atoms with Gasteiger partial charge in [0.2, 0.25) is 0 Å². The van der Waals surface area contributed by atoms with Gasteiger partial charge < -0.3 is 0 Å². The molecule has 0 saturated heterocycles. The predicted molar refractivity (Wildman–Crippen MR) is 48.2 cm³/mol. The second-order valence-corrected chi connectivity index (χ2v) is 4.04. The smallest absolute Gasteiger partial charge is 0.108 e. The summed E-state index contributed by atoms with van der Waals surface area (Å²) in [5, 5.41) is 3.33. The van der Waals surface area contributed by atoms with Gasteiger partial charge in [0.25, 0.3) is 0 Å². The van der Waals surface area contributed by atoms with Gasteiger partial charge in [0.1, 0.15) is 5.04 Å². The highest BCUT2D eigenvalue weighted by atomic mass is 32.2. The van der Waals surface area contributed by atoms with Crippen LogP contribution in [0.2, 0.25) is 0 Å². The fourth-order valence-corrected chi connectivity index (χ4v) is 2.60. The van der Waals surface area contributed by atoms with Gasteiger partial charge in [-0.05, 0) is 11.4 Å². The van der Waals surface area contributed by atoms with Gasteiger partial charge in [-0.3, -0.25) is 4.99 Å². The van der Waals surface area contributed by atoms with Crippen LogP contribution in [-0.2, 0) is 0 Å². The molecule has 0 N–H and O–H groups in total. The van der Waals surface area contributed by atoms with Crippen LogP contribution in [0.5, 0.6) is 0 Å². The molecule has 1 nitrogen and oxygen atoms in total. The van der Waals surface area contributed by atoms with Gasteiger partial charge in [0.05, 0.1) is 4.88 Å². The molecule has 0 radical (unpaired) electrons. The van der Waals surface area contributed by atoms with Crippen LogP contribution < -0.4 is 0 Å². The zero-order chi connectivity index (χ0) is 6.81. The first kappa shape index (κ1) is 6.43. The minimum atomic E-state index is 0.998. The van der Waals surface area contributed by atoms with Crippen molar-refractivity contribution in [3.63, 3.8) is 0 Å². The molecule has 3 heteroatoms. The molecule has 0 unspecified atom stereocenters. The van der Waals surface area contributed by atoms with Crippen molar-refractivity contribution in [2.45, 2.75) is 0 Å². The molecular weight excluding hydrogens is 162 g/mol. The molecule has 0 fully saturated rings. The van der Waals surface area contributed by atoms with Gasteiger partial charge in [-0.15, -0.1) is 23.1 Å².